The first-order valence-electron chi connectivity index (χ1n) is 7.88. The number of hydrogen-bond donors (Lipinski definition) is 1. The van der Waals surface area contributed by atoms with E-state index in [-0.39, 0.29) is 11.8 Å². The molecule has 0 radical (unpaired) electrons. The van der Waals surface area contributed by atoms with Crippen LogP contribution in [0.25, 0.3) is 0 Å². The highest BCUT2D eigenvalue weighted by atomic mass is 16.5. The van der Waals surface area contributed by atoms with Crippen molar-refractivity contribution in [3.8, 4) is 11.5 Å². The van der Waals surface area contributed by atoms with Gasteiger partial charge in [0.25, 0.3) is 0 Å². The van der Waals surface area contributed by atoms with Crippen molar-refractivity contribution in [2.75, 3.05) is 20.8 Å². The van der Waals surface area contributed by atoms with E-state index in [0.717, 1.165) is 36.3 Å². The number of ether oxygens (including phenoxy) is 2. The van der Waals surface area contributed by atoms with Gasteiger partial charge in [0.15, 0.2) is 11.5 Å². The summed E-state index contributed by atoms with van der Waals surface area (Å²) in [5, 5.41) is 3.08. The molecule has 1 N–H and O–H groups in total. The SMILES string of the molecule is COc1ccc(CCNC(=O)C2CC3C=CC2C3)cc1OC. The van der Waals surface area contributed by atoms with Crippen molar-refractivity contribution < 1.29 is 14.3 Å². The number of allylic oxidation sites excluding steroid dienone is 2. The molecule has 118 valence electrons. The fourth-order valence-electron chi connectivity index (χ4n) is 3.58. The molecule has 4 nitrogen and oxygen atoms in total. The van der Waals surface area contributed by atoms with Crippen LogP contribution in [0.5, 0.6) is 11.5 Å². The van der Waals surface area contributed by atoms with Gasteiger partial charge in [-0.25, -0.2) is 0 Å². The third-order valence-electron chi connectivity index (χ3n) is 4.78. The van der Waals surface area contributed by atoms with Crippen LogP contribution in [0.3, 0.4) is 0 Å². The van der Waals surface area contributed by atoms with Crippen molar-refractivity contribution in [3.63, 3.8) is 0 Å². The zero-order valence-corrected chi connectivity index (χ0v) is 13.2. The van der Waals surface area contributed by atoms with Crippen molar-refractivity contribution in [1.29, 1.82) is 0 Å². The molecule has 3 atom stereocenters. The number of methoxy groups -OCH3 is 2. The molecule has 3 rings (SSSR count). The molecular weight excluding hydrogens is 278 g/mol. The predicted molar refractivity (Wildman–Crippen MR) is 85.1 cm³/mol. The lowest BCUT2D eigenvalue weighted by Gasteiger charge is -2.17. The standard InChI is InChI=1S/C18H23NO3/c1-21-16-6-4-12(11-17(16)22-2)7-8-19-18(20)15-10-13-3-5-14(15)9-13/h3-6,11,13-15H,7-10H2,1-2H3,(H,19,20). The molecule has 0 aromatic heterocycles. The molecule has 1 fully saturated rings. The molecule has 0 aliphatic heterocycles. The summed E-state index contributed by atoms with van der Waals surface area (Å²) in [7, 11) is 3.26. The monoisotopic (exact) mass is 301 g/mol. The van der Waals surface area contributed by atoms with Gasteiger partial charge in [-0.2, -0.15) is 0 Å². The average molecular weight is 301 g/mol. The number of rotatable bonds is 6. The number of hydrogen-bond acceptors (Lipinski definition) is 3. The highest BCUT2D eigenvalue weighted by Gasteiger charge is 2.39. The largest absolute Gasteiger partial charge is 0.493 e. The Hall–Kier alpha value is -1.97. The van der Waals surface area contributed by atoms with Crippen LogP contribution in [0.4, 0.5) is 0 Å². The fourth-order valence-corrected chi connectivity index (χ4v) is 3.58. The molecule has 1 saturated carbocycles. The molecule has 2 bridgehead atoms. The van der Waals surface area contributed by atoms with E-state index in [1.165, 1.54) is 0 Å². The van der Waals surface area contributed by atoms with Gasteiger partial charge in [-0.05, 0) is 48.8 Å². The van der Waals surface area contributed by atoms with Gasteiger partial charge in [0.2, 0.25) is 5.91 Å². The van der Waals surface area contributed by atoms with E-state index in [9.17, 15) is 4.79 Å². The minimum atomic E-state index is 0.181. The van der Waals surface area contributed by atoms with Crippen LogP contribution in [0.15, 0.2) is 30.4 Å². The van der Waals surface area contributed by atoms with Crippen molar-refractivity contribution >= 4 is 5.91 Å². The van der Waals surface area contributed by atoms with Gasteiger partial charge < -0.3 is 14.8 Å². The fraction of sp³-hybridized carbons (Fsp3) is 0.500. The van der Waals surface area contributed by atoms with Gasteiger partial charge >= 0.3 is 0 Å². The van der Waals surface area contributed by atoms with E-state index >= 15 is 0 Å². The minimum absolute atomic E-state index is 0.181. The summed E-state index contributed by atoms with van der Waals surface area (Å²) in [6.07, 6.45) is 7.45. The van der Waals surface area contributed by atoms with Crippen LogP contribution < -0.4 is 14.8 Å². The quantitative estimate of drug-likeness (QED) is 0.822. The normalized spacial score (nSPS) is 25.3. The Morgan fingerprint density at radius 2 is 2.00 bits per heavy atom. The highest BCUT2D eigenvalue weighted by Crippen LogP contribution is 2.43. The lowest BCUT2D eigenvalue weighted by atomic mass is 9.93. The maximum absolute atomic E-state index is 12.3. The van der Waals surface area contributed by atoms with Crippen molar-refractivity contribution in [3.05, 3.63) is 35.9 Å². The van der Waals surface area contributed by atoms with Crippen LogP contribution in [0, 0.1) is 17.8 Å². The molecule has 1 amide bonds. The van der Waals surface area contributed by atoms with E-state index in [2.05, 4.69) is 17.5 Å². The first kappa shape index (κ1) is 14.9. The molecule has 4 heteroatoms. The Morgan fingerprint density at radius 1 is 1.18 bits per heavy atom. The molecule has 22 heavy (non-hydrogen) atoms. The molecule has 1 aromatic rings. The average Bonchev–Trinajstić information content (AvgIpc) is 3.17. The molecule has 0 saturated heterocycles. The minimum Gasteiger partial charge on any atom is -0.493 e. The third-order valence-corrected chi connectivity index (χ3v) is 4.78. The Morgan fingerprint density at radius 3 is 2.64 bits per heavy atom. The van der Waals surface area contributed by atoms with Crippen molar-refractivity contribution in [1.82, 2.24) is 5.32 Å². The second kappa shape index (κ2) is 6.42. The summed E-state index contributed by atoms with van der Waals surface area (Å²) in [5.41, 5.74) is 1.13. The van der Waals surface area contributed by atoms with E-state index in [0.29, 0.717) is 18.4 Å². The molecule has 1 aromatic carbocycles. The number of carbonyl (C=O) groups is 1. The van der Waals surface area contributed by atoms with Gasteiger partial charge in [0.1, 0.15) is 0 Å². The number of fused-ring (bicyclic) bond motifs is 2. The summed E-state index contributed by atoms with van der Waals surface area (Å²) in [5.74, 6) is 2.93. The Balaban J connectivity index is 1.51. The zero-order chi connectivity index (χ0) is 15.5. The second-order valence-electron chi connectivity index (χ2n) is 6.12. The van der Waals surface area contributed by atoms with E-state index < -0.39 is 0 Å². The lowest BCUT2D eigenvalue weighted by Crippen LogP contribution is -2.34. The maximum atomic E-state index is 12.3. The Bertz CT molecular complexity index is 582. The second-order valence-corrected chi connectivity index (χ2v) is 6.12. The molecule has 2 aliphatic carbocycles. The third kappa shape index (κ3) is 2.96. The summed E-state index contributed by atoms with van der Waals surface area (Å²) < 4.78 is 10.5. The van der Waals surface area contributed by atoms with Gasteiger partial charge in [-0.1, -0.05) is 18.2 Å². The van der Waals surface area contributed by atoms with E-state index in [1.807, 2.05) is 18.2 Å². The van der Waals surface area contributed by atoms with Crippen LogP contribution in [0.1, 0.15) is 18.4 Å². The number of amides is 1. The Kier molecular flexibility index (Phi) is 4.36. The van der Waals surface area contributed by atoms with Gasteiger partial charge in [-0.15, -0.1) is 0 Å². The van der Waals surface area contributed by atoms with Gasteiger partial charge in [-0.3, -0.25) is 4.79 Å². The van der Waals surface area contributed by atoms with Gasteiger partial charge in [0.05, 0.1) is 14.2 Å². The van der Waals surface area contributed by atoms with E-state index in [4.69, 9.17) is 9.47 Å². The molecule has 0 spiro atoms. The summed E-state index contributed by atoms with van der Waals surface area (Å²) in [4.78, 5) is 12.3. The first-order valence-corrected chi connectivity index (χ1v) is 7.88. The highest BCUT2D eigenvalue weighted by molar-refractivity contribution is 5.80. The lowest BCUT2D eigenvalue weighted by molar-refractivity contribution is -0.125. The summed E-state index contributed by atoms with van der Waals surface area (Å²) in [6, 6.07) is 5.87. The molecule has 3 unspecified atom stereocenters. The molecule has 2 aliphatic rings. The summed E-state index contributed by atoms with van der Waals surface area (Å²) in [6.45, 7) is 0.659. The van der Waals surface area contributed by atoms with Crippen molar-refractivity contribution in [2.24, 2.45) is 17.8 Å². The predicted octanol–water partition coefficient (Wildman–Crippen LogP) is 2.57. The maximum Gasteiger partial charge on any atom is 0.223 e. The van der Waals surface area contributed by atoms with Gasteiger partial charge in [0, 0.05) is 12.5 Å². The van der Waals surface area contributed by atoms with Crippen molar-refractivity contribution in [2.45, 2.75) is 19.3 Å². The first-order chi connectivity index (χ1) is 10.7. The van der Waals surface area contributed by atoms with Crippen LogP contribution in [-0.2, 0) is 11.2 Å². The van der Waals surface area contributed by atoms with Crippen LogP contribution in [-0.4, -0.2) is 26.7 Å². The zero-order valence-electron chi connectivity index (χ0n) is 13.2. The van der Waals surface area contributed by atoms with E-state index in [1.54, 1.807) is 14.2 Å². The number of carbonyl (C=O) groups excluding carboxylic acids is 1. The topological polar surface area (TPSA) is 47.6 Å². The number of benzene rings is 1. The molecular formula is C18H23NO3. The smallest absolute Gasteiger partial charge is 0.223 e. The van der Waals surface area contributed by atoms with Crippen LogP contribution >= 0.6 is 0 Å². The number of nitrogens with one attached hydrogen (secondary N) is 1. The molecule has 0 heterocycles. The Labute approximate surface area is 131 Å². The van der Waals surface area contributed by atoms with Crippen LogP contribution in [0.2, 0.25) is 0 Å². The summed E-state index contributed by atoms with van der Waals surface area (Å²) >= 11 is 0.